The molecule has 134 valence electrons. The van der Waals surface area contributed by atoms with Gasteiger partial charge in [0.15, 0.2) is 10.8 Å². The molecule has 0 saturated carbocycles. The summed E-state index contributed by atoms with van der Waals surface area (Å²) in [5.41, 5.74) is -0.999. The highest BCUT2D eigenvalue weighted by Crippen LogP contribution is 2.31. The zero-order valence-corrected chi connectivity index (χ0v) is 14.0. The van der Waals surface area contributed by atoms with Crippen molar-refractivity contribution >= 4 is 29.1 Å². The van der Waals surface area contributed by atoms with Crippen molar-refractivity contribution in [3.8, 4) is 0 Å². The Hall–Kier alpha value is -2.36. The van der Waals surface area contributed by atoms with Crippen molar-refractivity contribution in [3.05, 3.63) is 35.9 Å². The van der Waals surface area contributed by atoms with Gasteiger partial charge in [0.1, 0.15) is 11.6 Å². The van der Waals surface area contributed by atoms with Crippen LogP contribution < -0.4 is 15.5 Å². The number of thiocarbonyl (C=S) groups is 1. The third-order valence-electron chi connectivity index (χ3n) is 3.66. The zero-order chi connectivity index (χ0) is 17.9. The predicted octanol–water partition coefficient (Wildman–Crippen LogP) is 3.18. The van der Waals surface area contributed by atoms with Crippen LogP contribution in [0.5, 0.6) is 0 Å². The maximum atomic E-state index is 13.1. The molecule has 0 spiro atoms. The summed E-state index contributed by atoms with van der Waals surface area (Å²) in [5.74, 6) is 0.705. The molecule has 1 aliphatic rings. The van der Waals surface area contributed by atoms with Crippen LogP contribution in [-0.4, -0.2) is 28.2 Å². The zero-order valence-electron chi connectivity index (χ0n) is 13.1. The highest BCUT2D eigenvalue weighted by molar-refractivity contribution is 7.80. The van der Waals surface area contributed by atoms with E-state index in [-0.39, 0.29) is 16.9 Å². The third-order valence-corrected chi connectivity index (χ3v) is 3.91. The Kier molecular flexibility index (Phi) is 5.07. The Bertz CT molecular complexity index is 729. The molecule has 10 heteroatoms. The highest BCUT2D eigenvalue weighted by atomic mass is 32.1. The van der Waals surface area contributed by atoms with Gasteiger partial charge in [-0.25, -0.2) is 4.98 Å². The number of alkyl halides is 3. The maximum absolute atomic E-state index is 13.1. The van der Waals surface area contributed by atoms with Crippen molar-refractivity contribution < 1.29 is 17.6 Å². The second-order valence-electron chi connectivity index (χ2n) is 5.51. The summed E-state index contributed by atoms with van der Waals surface area (Å²) in [6.45, 7) is 1.65. The first-order valence-corrected chi connectivity index (χ1v) is 8.11. The number of halogens is 3. The topological polar surface area (TPSA) is 66.2 Å². The van der Waals surface area contributed by atoms with Gasteiger partial charge in [-0.15, -0.1) is 0 Å². The quantitative estimate of drug-likeness (QED) is 0.800. The van der Waals surface area contributed by atoms with Gasteiger partial charge in [-0.3, -0.25) is 0 Å². The number of furan rings is 1. The molecule has 0 amide bonds. The molecule has 25 heavy (non-hydrogen) atoms. The lowest BCUT2D eigenvalue weighted by molar-refractivity contribution is -0.141. The van der Waals surface area contributed by atoms with E-state index >= 15 is 0 Å². The average Bonchev–Trinajstić information content (AvgIpc) is 3.25. The first kappa shape index (κ1) is 17.5. The van der Waals surface area contributed by atoms with Crippen molar-refractivity contribution in [1.82, 2.24) is 15.3 Å². The number of rotatable bonds is 4. The number of nitrogens with one attached hydrogen (secondary N) is 2. The summed E-state index contributed by atoms with van der Waals surface area (Å²) >= 11 is 5.09. The Balaban J connectivity index is 1.74. The fraction of sp³-hybridized carbons (Fsp3) is 0.400. The fourth-order valence-corrected chi connectivity index (χ4v) is 2.63. The van der Waals surface area contributed by atoms with Crippen molar-refractivity contribution in [1.29, 1.82) is 0 Å². The summed E-state index contributed by atoms with van der Waals surface area (Å²) in [6.07, 6.45) is -1.18. The largest absolute Gasteiger partial charge is 0.467 e. The molecule has 0 atom stereocenters. The van der Waals surface area contributed by atoms with Crippen LogP contribution in [0.4, 0.5) is 24.9 Å². The molecule has 0 unspecified atom stereocenters. The third kappa shape index (κ3) is 4.59. The molecule has 2 aromatic rings. The molecule has 1 saturated heterocycles. The van der Waals surface area contributed by atoms with Crippen molar-refractivity contribution in [2.24, 2.45) is 0 Å². The molecule has 0 radical (unpaired) electrons. The van der Waals surface area contributed by atoms with Crippen LogP contribution in [0.2, 0.25) is 0 Å². The van der Waals surface area contributed by atoms with Gasteiger partial charge in [-0.1, -0.05) is 0 Å². The van der Waals surface area contributed by atoms with E-state index in [1.807, 2.05) is 0 Å². The van der Waals surface area contributed by atoms with Crippen LogP contribution in [0, 0.1) is 0 Å². The Morgan fingerprint density at radius 1 is 1.28 bits per heavy atom. The predicted molar refractivity (Wildman–Crippen MR) is 90.2 cm³/mol. The summed E-state index contributed by atoms with van der Waals surface area (Å²) < 4.78 is 44.5. The Morgan fingerprint density at radius 3 is 2.68 bits per heavy atom. The molecule has 2 aromatic heterocycles. The minimum atomic E-state index is -4.56. The van der Waals surface area contributed by atoms with Crippen LogP contribution in [-0.2, 0) is 12.7 Å². The van der Waals surface area contributed by atoms with Crippen molar-refractivity contribution in [3.63, 3.8) is 0 Å². The highest BCUT2D eigenvalue weighted by Gasteiger charge is 2.34. The summed E-state index contributed by atoms with van der Waals surface area (Å²) in [5, 5.41) is 5.56. The lowest BCUT2D eigenvalue weighted by Crippen LogP contribution is -2.29. The molecule has 2 N–H and O–H groups in total. The number of hydrogen-bond acceptors (Lipinski definition) is 5. The smallest absolute Gasteiger partial charge is 0.433 e. The molecule has 3 heterocycles. The maximum Gasteiger partial charge on any atom is 0.433 e. The van der Waals surface area contributed by atoms with Crippen molar-refractivity contribution in [2.75, 3.05) is 23.3 Å². The second kappa shape index (κ2) is 7.26. The van der Waals surface area contributed by atoms with E-state index in [4.69, 9.17) is 16.6 Å². The van der Waals surface area contributed by atoms with Gasteiger partial charge >= 0.3 is 6.18 Å². The van der Waals surface area contributed by atoms with Crippen LogP contribution in [0.3, 0.4) is 0 Å². The van der Waals surface area contributed by atoms with E-state index < -0.39 is 11.9 Å². The van der Waals surface area contributed by atoms with Gasteiger partial charge in [0.05, 0.1) is 12.8 Å². The fourth-order valence-electron chi connectivity index (χ4n) is 2.47. The standard InChI is InChI=1S/C15H16F3N5OS/c16-15(17,18)11-8-12(23-5-1-2-6-23)21-13(20-11)22-14(25)19-9-10-4-3-7-24-10/h3-4,7-8H,1-2,5-6,9H2,(H2,19,20,21,22,25). The lowest BCUT2D eigenvalue weighted by Gasteiger charge is -2.19. The molecule has 0 aliphatic carbocycles. The molecular formula is C15H16F3N5OS. The summed E-state index contributed by atoms with van der Waals surface area (Å²) in [6, 6.07) is 4.45. The monoisotopic (exact) mass is 371 g/mol. The van der Waals surface area contributed by atoms with Crippen LogP contribution in [0.15, 0.2) is 28.9 Å². The molecular weight excluding hydrogens is 355 g/mol. The van der Waals surface area contributed by atoms with E-state index in [1.165, 1.54) is 6.26 Å². The lowest BCUT2D eigenvalue weighted by atomic mass is 10.3. The van der Waals surface area contributed by atoms with E-state index in [1.54, 1.807) is 17.0 Å². The van der Waals surface area contributed by atoms with Crippen LogP contribution in [0.1, 0.15) is 24.3 Å². The van der Waals surface area contributed by atoms with Gasteiger partial charge < -0.3 is 20.0 Å². The van der Waals surface area contributed by atoms with Gasteiger partial charge in [0.2, 0.25) is 5.95 Å². The van der Waals surface area contributed by atoms with Gasteiger partial charge in [-0.05, 0) is 37.2 Å². The van der Waals surface area contributed by atoms with E-state index in [0.717, 1.165) is 18.9 Å². The normalized spacial score (nSPS) is 14.6. The molecule has 1 fully saturated rings. The number of aromatic nitrogens is 2. The van der Waals surface area contributed by atoms with Crippen LogP contribution >= 0.6 is 12.2 Å². The number of hydrogen-bond donors (Lipinski definition) is 2. The first-order chi connectivity index (χ1) is 11.9. The van der Waals surface area contributed by atoms with Crippen LogP contribution in [0.25, 0.3) is 0 Å². The first-order valence-electron chi connectivity index (χ1n) is 7.70. The van der Waals surface area contributed by atoms with E-state index in [9.17, 15) is 13.2 Å². The Morgan fingerprint density at radius 2 is 2.04 bits per heavy atom. The molecule has 1 aliphatic heterocycles. The number of nitrogens with zero attached hydrogens (tertiary/aromatic N) is 3. The summed E-state index contributed by atoms with van der Waals surface area (Å²) in [7, 11) is 0. The minimum Gasteiger partial charge on any atom is -0.467 e. The van der Waals surface area contributed by atoms with Gasteiger partial charge in [-0.2, -0.15) is 18.2 Å². The molecule has 6 nitrogen and oxygen atoms in total. The number of anilines is 2. The SMILES string of the molecule is FC(F)(F)c1cc(N2CCCC2)nc(NC(=S)NCc2ccco2)n1. The van der Waals surface area contributed by atoms with Gasteiger partial charge in [0.25, 0.3) is 0 Å². The molecule has 0 bridgehead atoms. The summed E-state index contributed by atoms with van der Waals surface area (Å²) in [4.78, 5) is 9.51. The molecule has 0 aromatic carbocycles. The van der Waals surface area contributed by atoms with Gasteiger partial charge in [0, 0.05) is 19.2 Å². The average molecular weight is 371 g/mol. The van der Waals surface area contributed by atoms with Crippen molar-refractivity contribution in [2.45, 2.75) is 25.6 Å². The van der Waals surface area contributed by atoms with E-state index in [2.05, 4.69) is 20.6 Å². The molecule has 3 rings (SSSR count). The van der Waals surface area contributed by atoms with E-state index in [0.29, 0.717) is 25.4 Å². The Labute approximate surface area is 147 Å². The minimum absolute atomic E-state index is 0.114. The second-order valence-corrected chi connectivity index (χ2v) is 5.92.